The largest absolute Gasteiger partial charge is 0.350 e. The van der Waals surface area contributed by atoms with E-state index < -0.39 is 63.5 Å². The van der Waals surface area contributed by atoms with Crippen molar-refractivity contribution < 1.29 is 33.6 Å². The Labute approximate surface area is 315 Å². The molecule has 2 saturated heterocycles. The number of hydrogen-bond acceptors (Lipinski definition) is 7. The maximum atomic E-state index is 14.9. The first-order chi connectivity index (χ1) is 24.5. The zero-order valence-corrected chi connectivity index (χ0v) is 33.7. The van der Waals surface area contributed by atoms with Crippen LogP contribution >= 0.6 is 0 Å². The van der Waals surface area contributed by atoms with E-state index in [0.29, 0.717) is 38.8 Å². The van der Waals surface area contributed by atoms with Gasteiger partial charge in [0.05, 0.1) is 6.04 Å². The summed E-state index contributed by atoms with van der Waals surface area (Å²) in [6.07, 6.45) is 5.70. The van der Waals surface area contributed by atoms with E-state index in [1.165, 1.54) is 4.90 Å². The number of piperidine rings is 2. The van der Waals surface area contributed by atoms with Gasteiger partial charge >= 0.3 is 6.03 Å². The number of carbonyl (C=O) groups excluding carboxylic acids is 7. The summed E-state index contributed by atoms with van der Waals surface area (Å²) in [6.45, 7) is 20.1. The highest BCUT2D eigenvalue weighted by atomic mass is 16.2. The number of ketones is 1. The third-order valence-corrected chi connectivity index (χ3v) is 13.4. The monoisotopic (exact) mass is 740 g/mol. The van der Waals surface area contributed by atoms with Crippen LogP contribution in [0.15, 0.2) is 0 Å². The molecule has 0 bridgehead atoms. The van der Waals surface area contributed by atoms with Crippen LogP contribution in [0.5, 0.6) is 0 Å². The Bertz CT molecular complexity index is 1510. The van der Waals surface area contributed by atoms with Gasteiger partial charge in [0.2, 0.25) is 29.4 Å². The first-order valence-corrected chi connectivity index (χ1v) is 19.9. The molecule has 7 atom stereocenters. The fourth-order valence-electron chi connectivity index (χ4n) is 9.67. The predicted octanol–water partition coefficient (Wildman–Crippen LogP) is 3.69. The second-order valence-corrected chi connectivity index (χ2v) is 19.4. The van der Waals surface area contributed by atoms with Gasteiger partial charge in [0, 0.05) is 32.5 Å². The number of rotatable bonds is 12. The number of nitrogens with one attached hydrogen (secondary N) is 4. The van der Waals surface area contributed by atoms with Crippen LogP contribution in [-0.2, 0) is 28.8 Å². The molecule has 0 aromatic heterocycles. The Balaban J connectivity index is 1.39. The maximum absolute atomic E-state index is 14.9. The molecule has 13 heteroatoms. The van der Waals surface area contributed by atoms with Gasteiger partial charge in [-0.15, -0.1) is 0 Å². The summed E-state index contributed by atoms with van der Waals surface area (Å²) < 4.78 is 0. The van der Waals surface area contributed by atoms with Crippen LogP contribution < -0.4 is 21.3 Å². The molecule has 53 heavy (non-hydrogen) atoms. The summed E-state index contributed by atoms with van der Waals surface area (Å²) in [5, 5.41) is 11.6. The lowest BCUT2D eigenvalue weighted by Gasteiger charge is -2.44. The van der Waals surface area contributed by atoms with Crippen molar-refractivity contribution in [2.75, 3.05) is 19.6 Å². The lowest BCUT2D eigenvalue weighted by atomic mass is 9.70. The minimum Gasteiger partial charge on any atom is -0.350 e. The summed E-state index contributed by atoms with van der Waals surface area (Å²) in [6, 6.07) is -2.99. The van der Waals surface area contributed by atoms with Crippen LogP contribution in [0, 0.1) is 39.4 Å². The number of likely N-dealkylation sites (N-methyl/N-ethyl adjacent to an activating group) is 1. The highest BCUT2D eigenvalue weighted by Gasteiger charge is 2.71. The van der Waals surface area contributed by atoms with Crippen LogP contribution in [0.2, 0.25) is 0 Å². The number of Topliss-reactive ketones (excluding diaryl/α,β-unsaturated/α-hetero) is 1. The number of hydrogen-bond donors (Lipinski definition) is 4. The third kappa shape index (κ3) is 7.86. The molecule has 3 aliphatic carbocycles. The van der Waals surface area contributed by atoms with E-state index in [-0.39, 0.29) is 60.3 Å². The van der Waals surface area contributed by atoms with E-state index in [2.05, 4.69) is 35.1 Å². The Morgan fingerprint density at radius 2 is 1.49 bits per heavy atom. The average molecular weight is 741 g/mol. The van der Waals surface area contributed by atoms with Crippen LogP contribution in [0.4, 0.5) is 4.79 Å². The van der Waals surface area contributed by atoms with Gasteiger partial charge < -0.3 is 26.2 Å². The van der Waals surface area contributed by atoms with E-state index in [1.54, 1.807) is 11.8 Å². The normalized spacial score (nSPS) is 30.8. The molecular formula is C40H64N6O7. The second kappa shape index (κ2) is 14.3. The molecule has 0 radical (unpaired) electrons. The van der Waals surface area contributed by atoms with E-state index in [0.717, 1.165) is 19.3 Å². The van der Waals surface area contributed by atoms with Gasteiger partial charge in [-0.3, -0.25) is 33.7 Å². The standard InChI is InChI=1S/C40H64N6O7/c1-11-23-18-40(23,31(49)33(51)41-12-2)44-32(50)29-28-24(38(28,8)9)21-46(29)34(52)30(39(10)16-14-13-15-17-39)43-35(53)42-25(36(3,4)5)22-45-26(47)19-37(6,7)20-27(45)48/h23-25,28-30H,11-22H2,1-10H3,(H,41,51)(H,44,50)(H2,42,43,53)/t23-,24-,25+,28-,29-,30+,40+/m0/s1. The van der Waals surface area contributed by atoms with Crippen molar-refractivity contribution in [3.63, 3.8) is 0 Å². The van der Waals surface area contributed by atoms with Gasteiger partial charge in [0.15, 0.2) is 0 Å². The number of amides is 7. The van der Waals surface area contributed by atoms with E-state index in [4.69, 9.17) is 0 Å². The Morgan fingerprint density at radius 1 is 0.887 bits per heavy atom. The molecule has 4 N–H and O–H groups in total. The molecule has 0 aromatic carbocycles. The summed E-state index contributed by atoms with van der Waals surface area (Å²) in [5.74, 6) is -2.92. The van der Waals surface area contributed by atoms with Crippen molar-refractivity contribution >= 4 is 41.4 Å². The number of likely N-dealkylation sites (tertiary alicyclic amines) is 2. The molecule has 5 rings (SSSR count). The molecule has 0 spiro atoms. The van der Waals surface area contributed by atoms with Crippen molar-refractivity contribution in [3.8, 4) is 0 Å². The highest BCUT2D eigenvalue weighted by Crippen LogP contribution is 2.65. The Hall–Kier alpha value is -3.51. The van der Waals surface area contributed by atoms with Gasteiger partial charge in [0.1, 0.15) is 17.6 Å². The predicted molar refractivity (Wildman–Crippen MR) is 199 cm³/mol. The molecule has 2 heterocycles. The van der Waals surface area contributed by atoms with E-state index in [9.17, 15) is 33.6 Å². The van der Waals surface area contributed by atoms with Gasteiger partial charge in [-0.1, -0.05) is 88.0 Å². The second-order valence-electron chi connectivity index (χ2n) is 19.4. The molecule has 5 fully saturated rings. The lowest BCUT2D eigenvalue weighted by molar-refractivity contribution is -0.153. The fourth-order valence-corrected chi connectivity index (χ4v) is 9.67. The molecular weight excluding hydrogens is 676 g/mol. The van der Waals surface area contributed by atoms with Gasteiger partial charge in [-0.05, 0) is 65.6 Å². The smallest absolute Gasteiger partial charge is 0.315 e. The first kappa shape index (κ1) is 40.7. The topological polar surface area (TPSA) is 174 Å². The van der Waals surface area contributed by atoms with Crippen molar-refractivity contribution in [2.24, 2.45) is 39.4 Å². The number of nitrogens with zero attached hydrogens (tertiary/aromatic N) is 2. The minimum absolute atomic E-state index is 0.0167. The number of urea groups is 1. The van der Waals surface area contributed by atoms with Crippen molar-refractivity contribution in [2.45, 2.75) is 151 Å². The molecule has 13 nitrogen and oxygen atoms in total. The summed E-state index contributed by atoms with van der Waals surface area (Å²) in [7, 11) is 0. The summed E-state index contributed by atoms with van der Waals surface area (Å²) in [5.41, 5.74) is -3.04. The van der Waals surface area contributed by atoms with Crippen molar-refractivity contribution in [1.82, 2.24) is 31.1 Å². The van der Waals surface area contributed by atoms with Gasteiger partial charge in [0.25, 0.3) is 5.91 Å². The summed E-state index contributed by atoms with van der Waals surface area (Å²) >= 11 is 0. The average Bonchev–Trinajstić information content (AvgIpc) is 3.81. The number of fused-ring (bicyclic) bond motifs is 1. The van der Waals surface area contributed by atoms with Crippen LogP contribution in [0.25, 0.3) is 0 Å². The molecule has 3 saturated carbocycles. The molecule has 2 aliphatic heterocycles. The van der Waals surface area contributed by atoms with Crippen LogP contribution in [0.3, 0.4) is 0 Å². The van der Waals surface area contributed by atoms with E-state index in [1.807, 2.05) is 48.5 Å². The minimum atomic E-state index is -1.29. The third-order valence-electron chi connectivity index (χ3n) is 13.4. The highest BCUT2D eigenvalue weighted by molar-refractivity contribution is 6.41. The first-order valence-electron chi connectivity index (χ1n) is 19.9. The number of carbonyl (C=O) groups is 7. The quantitative estimate of drug-likeness (QED) is 0.175. The zero-order valence-electron chi connectivity index (χ0n) is 33.7. The maximum Gasteiger partial charge on any atom is 0.315 e. The van der Waals surface area contributed by atoms with Gasteiger partial charge in [-0.25, -0.2) is 4.79 Å². The zero-order chi connectivity index (χ0) is 39.5. The summed E-state index contributed by atoms with van der Waals surface area (Å²) in [4.78, 5) is 98.4. The fraction of sp³-hybridized carbons (Fsp3) is 0.825. The van der Waals surface area contributed by atoms with E-state index >= 15 is 0 Å². The number of imide groups is 1. The molecule has 5 aliphatic rings. The van der Waals surface area contributed by atoms with Gasteiger partial charge in [-0.2, -0.15) is 0 Å². The van der Waals surface area contributed by atoms with Crippen LogP contribution in [0.1, 0.15) is 127 Å². The Morgan fingerprint density at radius 3 is 2.02 bits per heavy atom. The molecule has 296 valence electrons. The SMILES string of the molecule is CCNC(=O)C(=O)[C@@]1(NC(=O)[C@@H]2[C@@H]3[C@H](CN2C(=O)[C@@H](NC(=O)N[C@H](CN2C(=O)CC(C)(C)CC2=O)C(C)(C)C)C2(C)CCCCC2)C3(C)C)C[C@@H]1CC. The molecule has 7 amide bonds. The molecule has 0 unspecified atom stereocenters. The van der Waals surface area contributed by atoms with Crippen LogP contribution in [-0.4, -0.2) is 94.4 Å². The van der Waals surface area contributed by atoms with Crippen molar-refractivity contribution in [3.05, 3.63) is 0 Å². The molecule has 0 aromatic rings. The lowest BCUT2D eigenvalue weighted by Crippen LogP contribution is -2.64. The van der Waals surface area contributed by atoms with Crippen molar-refractivity contribution in [1.29, 1.82) is 0 Å². The Kier molecular flexibility index (Phi) is 11.0.